The van der Waals surface area contributed by atoms with Crippen LogP contribution in [0.4, 0.5) is 0 Å². The minimum absolute atomic E-state index is 0.0403. The zero-order valence-electron chi connectivity index (χ0n) is 39.5. The molecule has 0 bridgehead atoms. The van der Waals surface area contributed by atoms with Gasteiger partial charge in [0.25, 0.3) is 0 Å². The van der Waals surface area contributed by atoms with Gasteiger partial charge in [-0.15, -0.1) is 0 Å². The number of carbonyl (C=O) groups is 2. The number of unbranched alkanes of at least 4 members (excludes halogenated alkanes) is 13. The predicted octanol–water partition coefficient (Wildman–Crippen LogP) is 14.7. The number of esters is 2. The van der Waals surface area contributed by atoms with Gasteiger partial charge >= 0.3 is 19.8 Å². The molecule has 0 saturated carbocycles. The summed E-state index contributed by atoms with van der Waals surface area (Å²) in [5.41, 5.74) is 5.36. The maximum Gasteiger partial charge on any atom is 0.472 e. The lowest BCUT2D eigenvalue weighted by Gasteiger charge is -2.19. The Morgan fingerprint density at radius 2 is 0.873 bits per heavy atom. The fourth-order valence-corrected chi connectivity index (χ4v) is 6.82. The second-order valence-electron chi connectivity index (χ2n) is 15.6. The lowest BCUT2D eigenvalue weighted by molar-refractivity contribution is -0.161. The van der Waals surface area contributed by atoms with Crippen LogP contribution in [-0.2, 0) is 32.7 Å². The Bertz CT molecular complexity index is 1390. The van der Waals surface area contributed by atoms with Crippen molar-refractivity contribution in [3.8, 4) is 0 Å². The van der Waals surface area contributed by atoms with E-state index in [9.17, 15) is 19.0 Å². The number of nitrogens with two attached hydrogens (primary N) is 1. The number of hydrogen-bond donors (Lipinski definition) is 2. The fraction of sp³-hybridized carbons (Fsp3) is 0.623. The van der Waals surface area contributed by atoms with E-state index in [0.29, 0.717) is 12.8 Å². The van der Waals surface area contributed by atoms with Gasteiger partial charge < -0.3 is 20.1 Å². The molecule has 63 heavy (non-hydrogen) atoms. The van der Waals surface area contributed by atoms with Crippen molar-refractivity contribution in [1.82, 2.24) is 0 Å². The van der Waals surface area contributed by atoms with E-state index in [4.69, 9.17) is 24.3 Å². The van der Waals surface area contributed by atoms with Gasteiger partial charge in [0.1, 0.15) is 6.61 Å². The third-order valence-corrected chi connectivity index (χ3v) is 10.6. The maximum atomic E-state index is 12.6. The molecule has 0 heterocycles. The highest BCUT2D eigenvalue weighted by Crippen LogP contribution is 2.43. The molecule has 0 aromatic heterocycles. The van der Waals surface area contributed by atoms with Crippen LogP contribution in [0.25, 0.3) is 0 Å². The Labute approximate surface area is 384 Å². The molecule has 0 saturated heterocycles. The number of hydrogen-bond acceptors (Lipinski definition) is 8. The molecule has 9 nitrogen and oxygen atoms in total. The minimum atomic E-state index is -4.40. The van der Waals surface area contributed by atoms with Crippen LogP contribution in [-0.4, -0.2) is 49.3 Å². The summed E-state index contributed by atoms with van der Waals surface area (Å²) in [6, 6.07) is 0. The highest BCUT2D eigenvalue weighted by Gasteiger charge is 2.26. The summed E-state index contributed by atoms with van der Waals surface area (Å²) < 4.78 is 32.9. The minimum Gasteiger partial charge on any atom is -0.462 e. The van der Waals surface area contributed by atoms with Gasteiger partial charge in [-0.05, 0) is 103 Å². The fourth-order valence-electron chi connectivity index (χ4n) is 6.05. The molecule has 3 N–H and O–H groups in total. The molecule has 358 valence electrons. The lowest BCUT2D eigenvalue weighted by atomic mass is 10.1. The molecular weight excluding hydrogens is 810 g/mol. The van der Waals surface area contributed by atoms with Crippen LogP contribution in [0.5, 0.6) is 0 Å². The van der Waals surface area contributed by atoms with E-state index < -0.39 is 32.5 Å². The van der Waals surface area contributed by atoms with Crippen molar-refractivity contribution in [2.45, 2.75) is 187 Å². The summed E-state index contributed by atoms with van der Waals surface area (Å²) in [6.07, 6.45) is 64.0. The summed E-state index contributed by atoms with van der Waals surface area (Å²) in [4.78, 5) is 35.0. The Morgan fingerprint density at radius 3 is 1.30 bits per heavy atom. The first-order valence-corrected chi connectivity index (χ1v) is 25.9. The summed E-state index contributed by atoms with van der Waals surface area (Å²) >= 11 is 0. The van der Waals surface area contributed by atoms with E-state index in [0.717, 1.165) is 116 Å². The number of carbonyl (C=O) groups excluding carboxylic acids is 2. The van der Waals surface area contributed by atoms with Gasteiger partial charge in [0.2, 0.25) is 0 Å². The smallest absolute Gasteiger partial charge is 0.462 e. The molecule has 2 unspecified atom stereocenters. The third kappa shape index (κ3) is 48.0. The first kappa shape index (κ1) is 59.7. The van der Waals surface area contributed by atoms with Gasteiger partial charge in [-0.3, -0.25) is 18.6 Å². The van der Waals surface area contributed by atoms with Crippen LogP contribution >= 0.6 is 7.82 Å². The van der Waals surface area contributed by atoms with Gasteiger partial charge in [0.05, 0.1) is 13.2 Å². The highest BCUT2D eigenvalue weighted by atomic mass is 31.2. The monoisotopic (exact) mass is 898 g/mol. The Morgan fingerprint density at radius 1 is 0.492 bits per heavy atom. The summed E-state index contributed by atoms with van der Waals surface area (Å²) in [7, 11) is -4.40. The molecule has 0 aliphatic rings. The van der Waals surface area contributed by atoms with Crippen molar-refractivity contribution < 1.29 is 37.6 Å². The summed E-state index contributed by atoms with van der Waals surface area (Å²) in [5, 5.41) is 0. The number of ether oxygens (including phenoxy) is 2. The molecule has 10 heteroatoms. The van der Waals surface area contributed by atoms with Crippen molar-refractivity contribution in [3.63, 3.8) is 0 Å². The largest absolute Gasteiger partial charge is 0.472 e. The Kier molecular flexibility index (Phi) is 45.6. The number of phosphoric ester groups is 1. The van der Waals surface area contributed by atoms with E-state index in [-0.39, 0.29) is 32.6 Å². The zero-order valence-corrected chi connectivity index (χ0v) is 40.4. The van der Waals surface area contributed by atoms with Crippen molar-refractivity contribution in [2.75, 3.05) is 26.4 Å². The molecular formula is C53H88NO8P. The lowest BCUT2D eigenvalue weighted by Crippen LogP contribution is -2.29. The van der Waals surface area contributed by atoms with Crippen LogP contribution in [0.15, 0.2) is 109 Å². The topological polar surface area (TPSA) is 134 Å². The van der Waals surface area contributed by atoms with Crippen LogP contribution in [0.1, 0.15) is 181 Å². The molecule has 0 aliphatic heterocycles. The predicted molar refractivity (Wildman–Crippen MR) is 265 cm³/mol. The molecule has 0 aromatic rings. The molecule has 0 radical (unpaired) electrons. The quantitative estimate of drug-likeness (QED) is 0.0265. The molecule has 0 amide bonds. The van der Waals surface area contributed by atoms with Crippen LogP contribution < -0.4 is 5.73 Å². The summed E-state index contributed by atoms with van der Waals surface area (Å²) in [5.74, 6) is -0.882. The standard InChI is InChI=1S/C53H88NO8P/c1-3-5-7-9-11-13-15-17-19-21-23-24-25-26-28-30-32-34-36-38-40-42-44-46-53(56)62-51(50-61-63(57,58)60-48-47-54)49-59-52(55)45-43-41-39-37-35-33-31-29-27-22-20-18-16-14-12-10-8-6-4-2/h5,7,11-14,17-20,23-24,26-29,32,34,51H,3-4,6,8-10,15-16,21-22,25,30-31,33,35-50,54H2,1-2H3,(H,57,58)/b7-5-,13-11-,14-12-,19-17-,20-18-,24-23-,28-26-,29-27-,34-32-. The van der Waals surface area contributed by atoms with Crippen molar-refractivity contribution in [3.05, 3.63) is 109 Å². The van der Waals surface area contributed by atoms with E-state index >= 15 is 0 Å². The first-order chi connectivity index (χ1) is 30.8. The number of allylic oxidation sites excluding steroid dienone is 18. The van der Waals surface area contributed by atoms with E-state index in [2.05, 4.69) is 123 Å². The van der Waals surface area contributed by atoms with E-state index in [1.807, 2.05) is 0 Å². The first-order valence-electron chi connectivity index (χ1n) is 24.4. The molecule has 2 atom stereocenters. The van der Waals surface area contributed by atoms with E-state index in [1.54, 1.807) is 0 Å². The van der Waals surface area contributed by atoms with Crippen LogP contribution in [0, 0.1) is 0 Å². The molecule has 0 aliphatic carbocycles. The highest BCUT2D eigenvalue weighted by molar-refractivity contribution is 7.47. The zero-order chi connectivity index (χ0) is 46.0. The molecule has 0 fully saturated rings. The molecule has 0 spiro atoms. The Hall–Kier alpha value is -3.33. The second kappa shape index (κ2) is 48.1. The van der Waals surface area contributed by atoms with Gasteiger partial charge in [-0.1, -0.05) is 175 Å². The number of rotatable bonds is 44. The third-order valence-electron chi connectivity index (χ3n) is 9.64. The maximum absolute atomic E-state index is 12.6. The van der Waals surface area contributed by atoms with Gasteiger partial charge in [-0.25, -0.2) is 4.57 Å². The van der Waals surface area contributed by atoms with Crippen molar-refractivity contribution >= 4 is 19.8 Å². The number of phosphoric acid groups is 1. The van der Waals surface area contributed by atoms with E-state index in [1.165, 1.54) is 25.7 Å². The van der Waals surface area contributed by atoms with Crippen molar-refractivity contribution in [2.24, 2.45) is 5.73 Å². The van der Waals surface area contributed by atoms with Crippen LogP contribution in [0.3, 0.4) is 0 Å². The molecule has 0 rings (SSSR count). The van der Waals surface area contributed by atoms with Gasteiger partial charge in [0.15, 0.2) is 6.10 Å². The summed E-state index contributed by atoms with van der Waals surface area (Å²) in [6.45, 7) is 3.53. The van der Waals surface area contributed by atoms with Gasteiger partial charge in [-0.2, -0.15) is 0 Å². The average molecular weight is 898 g/mol. The molecule has 0 aromatic carbocycles. The average Bonchev–Trinajstić information content (AvgIpc) is 3.27. The SMILES string of the molecule is CC/C=C\C/C=C\C/C=C\C/C=C\C/C=C\C/C=C\CCCCCCC(=O)OC(COC(=O)CCCCCCCC/C=C\C/C=C\C/C=C\CCCCC)COP(=O)(O)OCCN. The second-order valence-corrected chi connectivity index (χ2v) is 17.0. The Balaban J connectivity index is 4.21. The van der Waals surface area contributed by atoms with Crippen molar-refractivity contribution in [1.29, 1.82) is 0 Å². The normalized spacial score (nSPS) is 14.2. The van der Waals surface area contributed by atoms with Gasteiger partial charge in [0, 0.05) is 19.4 Å². The van der Waals surface area contributed by atoms with Crippen LogP contribution in [0.2, 0.25) is 0 Å².